The fourth-order valence-corrected chi connectivity index (χ4v) is 2.30. The summed E-state index contributed by atoms with van der Waals surface area (Å²) in [7, 11) is 0. The highest BCUT2D eigenvalue weighted by Gasteiger charge is 2.19. The fourth-order valence-electron chi connectivity index (χ4n) is 2.30. The summed E-state index contributed by atoms with van der Waals surface area (Å²) >= 11 is 0. The van der Waals surface area contributed by atoms with Gasteiger partial charge >= 0.3 is 0 Å². The van der Waals surface area contributed by atoms with E-state index in [-0.39, 0.29) is 0 Å². The third kappa shape index (κ3) is 2.91. The molecule has 0 unspecified atom stereocenters. The van der Waals surface area contributed by atoms with Crippen molar-refractivity contribution in [3.8, 4) is 0 Å². The Morgan fingerprint density at radius 1 is 1.33 bits per heavy atom. The van der Waals surface area contributed by atoms with Crippen molar-refractivity contribution in [2.75, 3.05) is 5.32 Å². The predicted molar refractivity (Wildman–Crippen MR) is 61.7 cm³/mol. The van der Waals surface area contributed by atoms with E-state index in [0.717, 1.165) is 11.7 Å². The number of hydrogen-bond acceptors (Lipinski definition) is 3. The second kappa shape index (κ2) is 5.10. The van der Waals surface area contributed by atoms with Crippen LogP contribution in [0.15, 0.2) is 18.3 Å². The van der Waals surface area contributed by atoms with E-state index in [2.05, 4.69) is 22.4 Å². The molecule has 0 radical (unpaired) electrons. The summed E-state index contributed by atoms with van der Waals surface area (Å²) in [5.41, 5.74) is 0. The molecule has 1 aromatic heterocycles. The van der Waals surface area contributed by atoms with Crippen LogP contribution >= 0.6 is 0 Å². The van der Waals surface area contributed by atoms with Crippen molar-refractivity contribution in [2.24, 2.45) is 5.92 Å². The van der Waals surface area contributed by atoms with Gasteiger partial charge in [-0.15, -0.1) is 5.10 Å². The van der Waals surface area contributed by atoms with Crippen LogP contribution < -0.4 is 5.32 Å². The Balaban J connectivity index is 1.82. The van der Waals surface area contributed by atoms with E-state index in [1.165, 1.54) is 32.1 Å². The number of anilines is 1. The molecule has 0 spiro atoms. The maximum absolute atomic E-state index is 4.05. The molecule has 3 heteroatoms. The molecule has 0 aliphatic heterocycles. The molecule has 1 heterocycles. The van der Waals surface area contributed by atoms with Crippen molar-refractivity contribution in [1.82, 2.24) is 10.2 Å². The Hall–Kier alpha value is -1.12. The van der Waals surface area contributed by atoms with Crippen LogP contribution in [0.1, 0.15) is 39.0 Å². The zero-order valence-electron chi connectivity index (χ0n) is 9.32. The lowest BCUT2D eigenvalue weighted by atomic mass is 9.84. The SMILES string of the molecule is CCC1CCC(Nc2cccnn2)CC1. The molecule has 0 bridgehead atoms. The van der Waals surface area contributed by atoms with E-state index in [1.54, 1.807) is 6.20 Å². The van der Waals surface area contributed by atoms with Crippen LogP contribution in [0.4, 0.5) is 5.82 Å². The summed E-state index contributed by atoms with van der Waals surface area (Å²) in [6.45, 7) is 2.29. The van der Waals surface area contributed by atoms with Gasteiger partial charge in [0, 0.05) is 12.2 Å². The molecule has 1 N–H and O–H groups in total. The maximum atomic E-state index is 4.05. The lowest BCUT2D eigenvalue weighted by Gasteiger charge is -2.28. The van der Waals surface area contributed by atoms with Gasteiger partial charge in [0.25, 0.3) is 0 Å². The van der Waals surface area contributed by atoms with Crippen molar-refractivity contribution < 1.29 is 0 Å². The summed E-state index contributed by atoms with van der Waals surface area (Å²) in [6.07, 6.45) is 8.30. The predicted octanol–water partition coefficient (Wildman–Crippen LogP) is 2.86. The van der Waals surface area contributed by atoms with E-state index >= 15 is 0 Å². The van der Waals surface area contributed by atoms with E-state index < -0.39 is 0 Å². The van der Waals surface area contributed by atoms with E-state index in [4.69, 9.17) is 0 Å². The Morgan fingerprint density at radius 3 is 2.73 bits per heavy atom. The third-order valence-electron chi connectivity index (χ3n) is 3.35. The molecule has 2 rings (SSSR count). The van der Waals surface area contributed by atoms with Gasteiger partial charge in [-0.25, -0.2) is 0 Å². The smallest absolute Gasteiger partial charge is 0.148 e. The average Bonchev–Trinajstić information content (AvgIpc) is 2.31. The van der Waals surface area contributed by atoms with Crippen LogP contribution in [0.25, 0.3) is 0 Å². The van der Waals surface area contributed by atoms with Crippen LogP contribution in [0, 0.1) is 5.92 Å². The molecule has 15 heavy (non-hydrogen) atoms. The van der Waals surface area contributed by atoms with E-state index in [1.807, 2.05) is 12.1 Å². The molecule has 0 saturated heterocycles. The second-order valence-corrected chi connectivity index (χ2v) is 4.38. The van der Waals surface area contributed by atoms with Crippen molar-refractivity contribution >= 4 is 5.82 Å². The van der Waals surface area contributed by atoms with E-state index in [0.29, 0.717) is 6.04 Å². The number of nitrogens with zero attached hydrogens (tertiary/aromatic N) is 2. The van der Waals surface area contributed by atoms with Gasteiger partial charge in [-0.1, -0.05) is 13.3 Å². The minimum atomic E-state index is 0.601. The summed E-state index contributed by atoms with van der Waals surface area (Å²) < 4.78 is 0. The highest BCUT2D eigenvalue weighted by Crippen LogP contribution is 2.27. The van der Waals surface area contributed by atoms with Crippen LogP contribution in [-0.4, -0.2) is 16.2 Å². The van der Waals surface area contributed by atoms with Crippen LogP contribution in [0.2, 0.25) is 0 Å². The van der Waals surface area contributed by atoms with Crippen LogP contribution in [-0.2, 0) is 0 Å². The molecule has 0 aromatic carbocycles. The zero-order valence-corrected chi connectivity index (χ0v) is 9.32. The fraction of sp³-hybridized carbons (Fsp3) is 0.667. The van der Waals surface area contributed by atoms with Gasteiger partial charge in [0.2, 0.25) is 0 Å². The lowest BCUT2D eigenvalue weighted by molar-refractivity contribution is 0.329. The minimum Gasteiger partial charge on any atom is -0.366 e. The Bertz CT molecular complexity index is 278. The highest BCUT2D eigenvalue weighted by atomic mass is 15.2. The van der Waals surface area contributed by atoms with Crippen molar-refractivity contribution in [1.29, 1.82) is 0 Å². The largest absolute Gasteiger partial charge is 0.366 e. The number of nitrogens with one attached hydrogen (secondary N) is 1. The first kappa shape index (κ1) is 10.4. The summed E-state index contributed by atoms with van der Waals surface area (Å²) in [6, 6.07) is 4.51. The average molecular weight is 205 g/mol. The molecule has 82 valence electrons. The minimum absolute atomic E-state index is 0.601. The first-order valence-electron chi connectivity index (χ1n) is 5.92. The second-order valence-electron chi connectivity index (χ2n) is 4.38. The molecule has 0 atom stereocenters. The van der Waals surface area contributed by atoms with Gasteiger partial charge in [0.1, 0.15) is 5.82 Å². The summed E-state index contributed by atoms with van der Waals surface area (Å²) in [5.74, 6) is 1.86. The topological polar surface area (TPSA) is 37.8 Å². The Morgan fingerprint density at radius 2 is 2.13 bits per heavy atom. The van der Waals surface area contributed by atoms with Gasteiger partial charge < -0.3 is 5.32 Å². The number of aromatic nitrogens is 2. The van der Waals surface area contributed by atoms with Gasteiger partial charge in [-0.05, 0) is 43.7 Å². The normalized spacial score (nSPS) is 26.2. The maximum Gasteiger partial charge on any atom is 0.148 e. The van der Waals surface area contributed by atoms with Gasteiger partial charge in [0.15, 0.2) is 0 Å². The number of rotatable bonds is 3. The Labute approximate surface area is 91.3 Å². The van der Waals surface area contributed by atoms with Crippen LogP contribution in [0.5, 0.6) is 0 Å². The standard InChI is InChI=1S/C12H19N3/c1-2-10-5-7-11(8-6-10)14-12-4-3-9-13-15-12/h3-4,9-11H,2,5-8H2,1H3,(H,14,15). The monoisotopic (exact) mass is 205 g/mol. The molecule has 1 fully saturated rings. The van der Waals surface area contributed by atoms with Gasteiger partial charge in [-0.2, -0.15) is 5.10 Å². The van der Waals surface area contributed by atoms with Gasteiger partial charge in [0.05, 0.1) is 0 Å². The summed E-state index contributed by atoms with van der Waals surface area (Å²) in [4.78, 5) is 0. The molecule has 1 saturated carbocycles. The van der Waals surface area contributed by atoms with Crippen molar-refractivity contribution in [2.45, 2.75) is 45.1 Å². The van der Waals surface area contributed by atoms with Crippen molar-refractivity contribution in [3.63, 3.8) is 0 Å². The molecule has 1 aliphatic rings. The zero-order chi connectivity index (χ0) is 10.5. The molecule has 1 aromatic rings. The van der Waals surface area contributed by atoms with Gasteiger partial charge in [-0.3, -0.25) is 0 Å². The quantitative estimate of drug-likeness (QED) is 0.824. The molecular formula is C12H19N3. The molecule has 1 aliphatic carbocycles. The Kier molecular flexibility index (Phi) is 3.54. The van der Waals surface area contributed by atoms with Crippen LogP contribution in [0.3, 0.4) is 0 Å². The molecule has 3 nitrogen and oxygen atoms in total. The first-order valence-corrected chi connectivity index (χ1v) is 5.92. The molecular weight excluding hydrogens is 186 g/mol. The van der Waals surface area contributed by atoms with E-state index in [9.17, 15) is 0 Å². The third-order valence-corrected chi connectivity index (χ3v) is 3.35. The first-order chi connectivity index (χ1) is 7.38. The number of hydrogen-bond donors (Lipinski definition) is 1. The lowest BCUT2D eigenvalue weighted by Crippen LogP contribution is -2.26. The summed E-state index contributed by atoms with van der Waals surface area (Å²) in [5, 5.41) is 11.4. The van der Waals surface area contributed by atoms with Crippen molar-refractivity contribution in [3.05, 3.63) is 18.3 Å². The highest BCUT2D eigenvalue weighted by molar-refractivity contribution is 5.32. The molecule has 0 amide bonds.